The van der Waals surface area contributed by atoms with Gasteiger partial charge in [0, 0.05) is 12.1 Å². The van der Waals surface area contributed by atoms with Gasteiger partial charge in [0.25, 0.3) is 0 Å². The zero-order valence-electron chi connectivity index (χ0n) is 8.67. The smallest absolute Gasteiger partial charge is 0.139 e. The molecule has 1 N–H and O–H groups in total. The zero-order chi connectivity index (χ0) is 9.97. The highest BCUT2D eigenvalue weighted by Gasteiger charge is 2.16. The minimum Gasteiger partial charge on any atom is -0.372 e. The van der Waals surface area contributed by atoms with Crippen molar-refractivity contribution < 1.29 is 9.26 Å². The topological polar surface area (TPSA) is 47.3 Å². The van der Waals surface area contributed by atoms with Crippen LogP contribution in [-0.4, -0.2) is 24.4 Å². The molecular weight excluding hydrogens is 180 g/mol. The van der Waals surface area contributed by atoms with E-state index in [1.165, 1.54) is 0 Å². The molecule has 1 fully saturated rings. The first-order valence-electron chi connectivity index (χ1n) is 5.01. The van der Waals surface area contributed by atoms with Gasteiger partial charge in [-0.1, -0.05) is 5.16 Å². The summed E-state index contributed by atoms with van der Waals surface area (Å²) in [6.07, 6.45) is 1.45. The molecule has 0 saturated carbocycles. The molecule has 4 heteroatoms. The molecule has 0 aliphatic carbocycles. The Kier molecular flexibility index (Phi) is 2.84. The number of nitrogens with one attached hydrogen (secondary N) is 1. The average molecular weight is 196 g/mol. The van der Waals surface area contributed by atoms with Crippen LogP contribution < -0.4 is 5.32 Å². The molecule has 1 saturated heterocycles. The molecule has 0 amide bonds. The number of ether oxygens (including phenoxy) is 1. The van der Waals surface area contributed by atoms with Gasteiger partial charge in [-0.3, -0.25) is 0 Å². The van der Waals surface area contributed by atoms with Crippen molar-refractivity contribution in [2.45, 2.75) is 33.0 Å². The van der Waals surface area contributed by atoms with Gasteiger partial charge >= 0.3 is 0 Å². The largest absolute Gasteiger partial charge is 0.372 e. The standard InChI is InChI=1S/C10H16N2O2/c1-7-10(8(2)14-12-7)6-13-9-3-4-11-5-9/h9,11H,3-6H2,1-2H3. The van der Waals surface area contributed by atoms with Gasteiger partial charge in [-0.05, 0) is 26.8 Å². The van der Waals surface area contributed by atoms with Crippen molar-refractivity contribution in [2.24, 2.45) is 0 Å². The molecule has 14 heavy (non-hydrogen) atoms. The second-order valence-electron chi connectivity index (χ2n) is 3.73. The van der Waals surface area contributed by atoms with Gasteiger partial charge < -0.3 is 14.6 Å². The second-order valence-corrected chi connectivity index (χ2v) is 3.73. The Hall–Kier alpha value is -0.870. The predicted octanol–water partition coefficient (Wildman–Crippen LogP) is 1.17. The third-order valence-corrected chi connectivity index (χ3v) is 2.66. The van der Waals surface area contributed by atoms with Crippen molar-refractivity contribution in [1.29, 1.82) is 0 Å². The summed E-state index contributed by atoms with van der Waals surface area (Å²) in [5, 5.41) is 7.16. The highest BCUT2D eigenvalue weighted by atomic mass is 16.5. The van der Waals surface area contributed by atoms with Crippen LogP contribution in [-0.2, 0) is 11.3 Å². The van der Waals surface area contributed by atoms with Crippen LogP contribution in [0, 0.1) is 13.8 Å². The van der Waals surface area contributed by atoms with Gasteiger partial charge in [-0.2, -0.15) is 0 Å². The normalized spacial score (nSPS) is 21.7. The van der Waals surface area contributed by atoms with Crippen LogP contribution in [0.1, 0.15) is 23.4 Å². The van der Waals surface area contributed by atoms with E-state index in [1.54, 1.807) is 0 Å². The van der Waals surface area contributed by atoms with E-state index in [0.29, 0.717) is 12.7 Å². The molecule has 0 bridgehead atoms. The predicted molar refractivity (Wildman–Crippen MR) is 52.0 cm³/mol. The summed E-state index contributed by atoms with van der Waals surface area (Å²) in [5.41, 5.74) is 2.03. The number of aryl methyl sites for hydroxylation is 2. The maximum absolute atomic E-state index is 5.75. The first kappa shape index (κ1) is 9.68. The van der Waals surface area contributed by atoms with E-state index in [1.807, 2.05) is 13.8 Å². The fourth-order valence-electron chi connectivity index (χ4n) is 1.68. The highest BCUT2D eigenvalue weighted by Crippen LogP contribution is 2.15. The van der Waals surface area contributed by atoms with Gasteiger partial charge in [0.15, 0.2) is 0 Å². The Morgan fingerprint density at radius 1 is 1.57 bits per heavy atom. The number of aromatic nitrogens is 1. The third-order valence-electron chi connectivity index (χ3n) is 2.66. The van der Waals surface area contributed by atoms with Gasteiger partial charge in [0.2, 0.25) is 0 Å². The van der Waals surface area contributed by atoms with Crippen LogP contribution in [0.5, 0.6) is 0 Å². The molecule has 2 heterocycles. The maximum Gasteiger partial charge on any atom is 0.139 e. The van der Waals surface area contributed by atoms with E-state index in [4.69, 9.17) is 9.26 Å². The SMILES string of the molecule is Cc1noc(C)c1COC1CCNC1. The monoisotopic (exact) mass is 196 g/mol. The molecule has 1 aromatic rings. The van der Waals surface area contributed by atoms with E-state index < -0.39 is 0 Å². The summed E-state index contributed by atoms with van der Waals surface area (Å²) in [6, 6.07) is 0. The lowest BCUT2D eigenvalue weighted by molar-refractivity contribution is 0.0533. The van der Waals surface area contributed by atoms with Crippen molar-refractivity contribution in [3.05, 3.63) is 17.0 Å². The summed E-state index contributed by atoms with van der Waals surface area (Å²) in [6.45, 7) is 6.51. The molecule has 1 aliphatic rings. The Balaban J connectivity index is 1.90. The van der Waals surface area contributed by atoms with Crippen LogP contribution in [0.2, 0.25) is 0 Å². The summed E-state index contributed by atoms with van der Waals surface area (Å²) in [7, 11) is 0. The van der Waals surface area contributed by atoms with Crippen molar-refractivity contribution >= 4 is 0 Å². The molecule has 0 aromatic carbocycles. The zero-order valence-corrected chi connectivity index (χ0v) is 8.67. The summed E-state index contributed by atoms with van der Waals surface area (Å²) in [4.78, 5) is 0. The first-order valence-corrected chi connectivity index (χ1v) is 5.01. The van der Waals surface area contributed by atoms with E-state index in [-0.39, 0.29) is 0 Å². The quantitative estimate of drug-likeness (QED) is 0.788. The lowest BCUT2D eigenvalue weighted by Gasteiger charge is -2.09. The summed E-state index contributed by atoms with van der Waals surface area (Å²) in [5.74, 6) is 0.869. The van der Waals surface area contributed by atoms with Crippen LogP contribution in [0.25, 0.3) is 0 Å². The van der Waals surface area contributed by atoms with E-state index in [9.17, 15) is 0 Å². The minimum atomic E-state index is 0.351. The molecule has 78 valence electrons. The van der Waals surface area contributed by atoms with Crippen LogP contribution in [0.15, 0.2) is 4.52 Å². The van der Waals surface area contributed by atoms with Crippen molar-refractivity contribution in [3.8, 4) is 0 Å². The number of hydrogen-bond acceptors (Lipinski definition) is 4. The maximum atomic E-state index is 5.75. The van der Waals surface area contributed by atoms with Crippen LogP contribution >= 0.6 is 0 Å². The lowest BCUT2D eigenvalue weighted by atomic mass is 10.2. The minimum absolute atomic E-state index is 0.351. The van der Waals surface area contributed by atoms with Crippen molar-refractivity contribution in [2.75, 3.05) is 13.1 Å². The van der Waals surface area contributed by atoms with Gasteiger partial charge in [0.05, 0.1) is 18.4 Å². The Morgan fingerprint density at radius 2 is 2.43 bits per heavy atom. The van der Waals surface area contributed by atoms with Gasteiger partial charge in [-0.25, -0.2) is 0 Å². The first-order chi connectivity index (χ1) is 6.77. The van der Waals surface area contributed by atoms with E-state index >= 15 is 0 Å². The van der Waals surface area contributed by atoms with Crippen molar-refractivity contribution in [3.63, 3.8) is 0 Å². The lowest BCUT2D eigenvalue weighted by Crippen LogP contribution is -2.16. The van der Waals surface area contributed by atoms with Gasteiger partial charge in [0.1, 0.15) is 5.76 Å². The second kappa shape index (κ2) is 4.11. The van der Waals surface area contributed by atoms with Gasteiger partial charge in [-0.15, -0.1) is 0 Å². The van der Waals surface area contributed by atoms with E-state index in [0.717, 1.165) is 36.5 Å². The van der Waals surface area contributed by atoms with Crippen LogP contribution in [0.4, 0.5) is 0 Å². The third kappa shape index (κ3) is 1.96. The molecule has 0 spiro atoms. The summed E-state index contributed by atoms with van der Waals surface area (Å²) < 4.78 is 10.8. The molecular formula is C10H16N2O2. The Bertz CT molecular complexity index is 284. The Labute approximate surface area is 83.6 Å². The number of hydrogen-bond donors (Lipinski definition) is 1. The highest BCUT2D eigenvalue weighted by molar-refractivity contribution is 5.19. The average Bonchev–Trinajstić information content (AvgIpc) is 2.76. The van der Waals surface area contributed by atoms with E-state index in [2.05, 4.69) is 10.5 Å². The Morgan fingerprint density at radius 3 is 3.00 bits per heavy atom. The molecule has 1 atom stereocenters. The van der Waals surface area contributed by atoms with Crippen LogP contribution in [0.3, 0.4) is 0 Å². The molecule has 4 nitrogen and oxygen atoms in total. The molecule has 1 aromatic heterocycles. The fourth-order valence-corrected chi connectivity index (χ4v) is 1.68. The summed E-state index contributed by atoms with van der Waals surface area (Å²) >= 11 is 0. The number of nitrogens with zero attached hydrogens (tertiary/aromatic N) is 1. The molecule has 1 unspecified atom stereocenters. The fraction of sp³-hybridized carbons (Fsp3) is 0.700. The molecule has 2 rings (SSSR count). The number of rotatable bonds is 3. The molecule has 0 radical (unpaired) electrons. The van der Waals surface area contributed by atoms with Crippen molar-refractivity contribution in [1.82, 2.24) is 10.5 Å². The molecule has 1 aliphatic heterocycles.